The molecule has 0 aliphatic heterocycles. The maximum atomic E-state index is 10.0. The van der Waals surface area contributed by atoms with Gasteiger partial charge in [0.15, 0.2) is 5.78 Å². The van der Waals surface area contributed by atoms with E-state index in [1.807, 2.05) is 18.5 Å². The molecule has 0 atom stereocenters. The zero-order valence-electron chi connectivity index (χ0n) is 17.7. The Labute approximate surface area is 200 Å². The smallest absolute Gasteiger partial charge is 0.155 e. The number of ketones is 1. The van der Waals surface area contributed by atoms with Crippen molar-refractivity contribution in [1.29, 1.82) is 0 Å². The van der Waals surface area contributed by atoms with Gasteiger partial charge >= 0.3 is 0 Å². The molecule has 161 valence electrons. The number of benzene rings is 2. The van der Waals surface area contributed by atoms with Crippen LogP contribution in [0, 0.1) is 0 Å². The van der Waals surface area contributed by atoms with Gasteiger partial charge in [-0.3, -0.25) is 9.78 Å². The molecule has 0 fully saturated rings. The van der Waals surface area contributed by atoms with E-state index in [0.717, 1.165) is 11.4 Å². The van der Waals surface area contributed by atoms with Gasteiger partial charge in [-0.15, -0.1) is 5.69 Å². The third-order valence-electron chi connectivity index (χ3n) is 5.90. The Morgan fingerprint density at radius 2 is 1.47 bits per heavy atom. The molecule has 4 aromatic rings. The second-order valence-corrected chi connectivity index (χ2v) is 7.84. The van der Waals surface area contributed by atoms with Crippen molar-refractivity contribution in [3.63, 3.8) is 0 Å². The maximum Gasteiger partial charge on any atom is 0.155 e. The molecule has 0 saturated heterocycles. The molecule has 0 unspecified atom stereocenters. The minimum absolute atomic E-state index is 0. The number of rotatable bonds is 1. The minimum atomic E-state index is -0.275. The average molecular weight is 598 g/mol. The summed E-state index contributed by atoms with van der Waals surface area (Å²) in [5.74, 6) is -0.0625. The monoisotopic (exact) mass is 598 g/mol. The van der Waals surface area contributed by atoms with Crippen molar-refractivity contribution < 1.29 is 30.0 Å². The maximum absolute atomic E-state index is 10.0. The van der Waals surface area contributed by atoms with Gasteiger partial charge in [-0.1, -0.05) is 60.7 Å². The minimum Gasteiger partial charge on any atom is -0.662 e. The Morgan fingerprint density at radius 1 is 0.875 bits per heavy atom. The van der Waals surface area contributed by atoms with E-state index in [2.05, 4.69) is 70.6 Å². The van der Waals surface area contributed by atoms with Crippen molar-refractivity contribution >= 4 is 5.78 Å². The van der Waals surface area contributed by atoms with E-state index in [1.54, 1.807) is 0 Å². The van der Waals surface area contributed by atoms with Crippen LogP contribution in [0.4, 0.5) is 0 Å². The Balaban J connectivity index is 0.000000271. The SMILES string of the molecule is CC(=O)/C=C(/C)O.[Ir].c1ccc2c(c1)-c1ccccc1C21c2cccnc2-c2[n-]ccc21. The van der Waals surface area contributed by atoms with Crippen LogP contribution in [-0.2, 0) is 30.3 Å². The van der Waals surface area contributed by atoms with Crippen LogP contribution in [0.25, 0.3) is 22.5 Å². The number of carbonyl (C=O) groups is 1. The van der Waals surface area contributed by atoms with Crippen LogP contribution in [0.1, 0.15) is 36.1 Å². The molecule has 1 radical (unpaired) electrons. The van der Waals surface area contributed by atoms with Gasteiger partial charge in [0.25, 0.3) is 0 Å². The summed E-state index contributed by atoms with van der Waals surface area (Å²) >= 11 is 0. The van der Waals surface area contributed by atoms with Crippen molar-refractivity contribution in [2.75, 3.05) is 0 Å². The molecule has 4 nitrogen and oxygen atoms in total. The van der Waals surface area contributed by atoms with Crippen LogP contribution in [0.3, 0.4) is 0 Å². The first-order chi connectivity index (χ1) is 15.0. The van der Waals surface area contributed by atoms with Crippen LogP contribution < -0.4 is 4.98 Å². The number of allylic oxidation sites excluding steroid dienone is 2. The second-order valence-electron chi connectivity index (χ2n) is 7.84. The first-order valence-electron chi connectivity index (χ1n) is 10.2. The largest absolute Gasteiger partial charge is 0.662 e. The third-order valence-corrected chi connectivity index (χ3v) is 5.90. The molecule has 1 N–H and O–H groups in total. The first kappa shape index (κ1) is 21.9. The predicted molar refractivity (Wildman–Crippen MR) is 121 cm³/mol. The van der Waals surface area contributed by atoms with Gasteiger partial charge in [-0.25, -0.2) is 0 Å². The summed E-state index contributed by atoms with van der Waals surface area (Å²) in [6.07, 6.45) is 4.94. The molecule has 1 spiro atoms. The number of aliphatic hydroxyl groups excluding tert-OH is 1. The number of carbonyl (C=O) groups excluding carboxylic acids is 1. The molecular formula is C27H21IrN2O2-. The third kappa shape index (κ3) is 3.09. The van der Waals surface area contributed by atoms with Crippen molar-refractivity contribution in [2.45, 2.75) is 19.3 Å². The van der Waals surface area contributed by atoms with Gasteiger partial charge in [0.2, 0.25) is 0 Å². The Morgan fingerprint density at radius 3 is 2.03 bits per heavy atom. The summed E-state index contributed by atoms with van der Waals surface area (Å²) < 4.78 is 0. The van der Waals surface area contributed by atoms with Crippen molar-refractivity contribution in [3.8, 4) is 22.5 Å². The molecule has 2 aromatic carbocycles. The van der Waals surface area contributed by atoms with Gasteiger partial charge in [0, 0.05) is 32.4 Å². The van der Waals surface area contributed by atoms with E-state index >= 15 is 0 Å². The zero-order valence-corrected chi connectivity index (χ0v) is 20.1. The molecule has 2 aliphatic carbocycles. The van der Waals surface area contributed by atoms with Crippen molar-refractivity contribution in [1.82, 2.24) is 9.97 Å². The van der Waals surface area contributed by atoms with Gasteiger partial charge in [-0.05, 0) is 53.3 Å². The normalized spacial score (nSPS) is 13.8. The zero-order chi connectivity index (χ0) is 21.6. The Bertz CT molecular complexity index is 1300. The number of hydrogen-bond donors (Lipinski definition) is 1. The van der Waals surface area contributed by atoms with Crippen LogP contribution in [0.15, 0.2) is 91.0 Å². The molecule has 2 aliphatic rings. The quantitative estimate of drug-likeness (QED) is 0.203. The topological polar surface area (TPSA) is 64.3 Å². The van der Waals surface area contributed by atoms with Gasteiger partial charge in [-0.2, -0.15) is 6.20 Å². The summed E-state index contributed by atoms with van der Waals surface area (Å²) in [5, 5.41) is 8.36. The molecule has 6 rings (SSSR count). The van der Waals surface area contributed by atoms with Crippen molar-refractivity contribution in [3.05, 3.63) is 113 Å². The molecule has 0 amide bonds. The van der Waals surface area contributed by atoms with Crippen LogP contribution >= 0.6 is 0 Å². The average Bonchev–Trinajstić information content (AvgIpc) is 3.42. The Kier molecular flexibility index (Phi) is 5.72. The van der Waals surface area contributed by atoms with Crippen LogP contribution in [0.5, 0.6) is 0 Å². The number of fused-ring (bicyclic) bond motifs is 10. The van der Waals surface area contributed by atoms with Crippen LogP contribution in [0.2, 0.25) is 0 Å². The number of nitrogens with zero attached hydrogens (tertiary/aromatic N) is 2. The number of aromatic nitrogens is 2. The molecule has 0 bridgehead atoms. The molecule has 2 aromatic heterocycles. The fourth-order valence-corrected chi connectivity index (χ4v) is 4.98. The van der Waals surface area contributed by atoms with Crippen molar-refractivity contribution in [2.24, 2.45) is 0 Å². The molecule has 0 saturated carbocycles. The van der Waals surface area contributed by atoms with E-state index in [-0.39, 0.29) is 37.1 Å². The number of pyridine rings is 1. The second kappa shape index (κ2) is 8.34. The summed E-state index contributed by atoms with van der Waals surface area (Å²) in [4.78, 5) is 19.3. The molecular weight excluding hydrogens is 577 g/mol. The Hall–Kier alpha value is -3.27. The number of aliphatic hydroxyl groups is 1. The summed E-state index contributed by atoms with van der Waals surface area (Å²) in [6, 6.07) is 23.9. The fraction of sp³-hybridized carbons (Fsp3) is 0.111. The van der Waals surface area contributed by atoms with Gasteiger partial charge in [0.1, 0.15) is 0 Å². The van der Waals surface area contributed by atoms with Gasteiger partial charge in [0.05, 0.1) is 16.9 Å². The fourth-order valence-electron chi connectivity index (χ4n) is 4.98. The molecule has 5 heteroatoms. The molecule has 2 heterocycles. The predicted octanol–water partition coefficient (Wildman–Crippen LogP) is 5.42. The molecule has 32 heavy (non-hydrogen) atoms. The van der Waals surface area contributed by atoms with E-state index in [1.165, 1.54) is 53.3 Å². The van der Waals surface area contributed by atoms with E-state index in [9.17, 15) is 4.79 Å². The summed E-state index contributed by atoms with van der Waals surface area (Å²) in [5.41, 5.74) is 9.59. The van der Waals surface area contributed by atoms with E-state index in [4.69, 9.17) is 5.11 Å². The van der Waals surface area contributed by atoms with Gasteiger partial charge < -0.3 is 10.1 Å². The van der Waals surface area contributed by atoms with Crippen LogP contribution in [-0.4, -0.2) is 15.9 Å². The summed E-state index contributed by atoms with van der Waals surface area (Å²) in [6.45, 7) is 2.85. The number of hydrogen-bond acceptors (Lipinski definition) is 3. The standard InChI is InChI=1S/C22H13N2.C5H8O2.Ir/c1-3-8-16-14(6-1)15-7-2-4-9-17(15)22(16)18-10-5-12-23-20(18)21-19(22)11-13-24-21;1-4(6)3-5(2)7;/h1-13H;3,6H,1-2H3;/q-1;;/b;4-3-;. The van der Waals surface area contributed by atoms with E-state index < -0.39 is 0 Å². The first-order valence-corrected chi connectivity index (χ1v) is 10.2. The summed E-state index contributed by atoms with van der Waals surface area (Å²) in [7, 11) is 0. The van der Waals surface area contributed by atoms with E-state index in [0.29, 0.717) is 0 Å².